The summed E-state index contributed by atoms with van der Waals surface area (Å²) in [5.41, 5.74) is 2.83. The Bertz CT molecular complexity index is 534. The first-order chi connectivity index (χ1) is 8.19. The third-order valence-electron chi connectivity index (χ3n) is 1.96. The normalized spacial score (nSPS) is 10.1. The Labute approximate surface area is 102 Å². The molecule has 0 fully saturated rings. The van der Waals surface area contributed by atoms with E-state index in [1.807, 2.05) is 0 Å². The van der Waals surface area contributed by atoms with Crippen LogP contribution in [0.3, 0.4) is 0 Å². The van der Waals surface area contributed by atoms with Gasteiger partial charge < -0.3 is 5.32 Å². The molecule has 2 aromatic rings. The number of nitrogens with zero attached hydrogens (tertiary/aromatic N) is 2. The van der Waals surface area contributed by atoms with Gasteiger partial charge in [0.1, 0.15) is 10.8 Å². The van der Waals surface area contributed by atoms with Crippen LogP contribution < -0.4 is 16.6 Å². The van der Waals surface area contributed by atoms with E-state index in [0.29, 0.717) is 16.5 Å². The molecule has 1 heterocycles. The Balaban J connectivity index is 2.29. The molecule has 88 valence electrons. The van der Waals surface area contributed by atoms with Gasteiger partial charge in [-0.2, -0.15) is 4.98 Å². The van der Waals surface area contributed by atoms with E-state index in [2.05, 4.69) is 20.7 Å². The van der Waals surface area contributed by atoms with Gasteiger partial charge in [-0.25, -0.2) is 15.2 Å². The van der Waals surface area contributed by atoms with Crippen LogP contribution in [0.4, 0.5) is 21.8 Å². The predicted octanol–water partition coefficient (Wildman–Crippen LogP) is 2.30. The summed E-state index contributed by atoms with van der Waals surface area (Å²) in [5.74, 6) is 5.39. The predicted molar refractivity (Wildman–Crippen MR) is 64.5 cm³/mol. The molecule has 17 heavy (non-hydrogen) atoms. The molecule has 0 bridgehead atoms. The summed E-state index contributed by atoms with van der Waals surface area (Å²) in [6, 6.07) is 5.94. The van der Waals surface area contributed by atoms with E-state index in [-0.39, 0.29) is 11.8 Å². The molecule has 0 radical (unpaired) electrons. The molecule has 0 spiro atoms. The van der Waals surface area contributed by atoms with Gasteiger partial charge in [0.2, 0.25) is 5.95 Å². The third-order valence-corrected chi connectivity index (χ3v) is 2.24. The molecule has 1 aromatic heterocycles. The van der Waals surface area contributed by atoms with Crippen molar-refractivity contribution in [2.24, 2.45) is 5.84 Å². The van der Waals surface area contributed by atoms with Crippen molar-refractivity contribution < 1.29 is 4.39 Å². The number of nitrogens with two attached hydrogens (primary N) is 1. The van der Waals surface area contributed by atoms with Gasteiger partial charge in [0.15, 0.2) is 5.82 Å². The maximum absolute atomic E-state index is 13.0. The van der Waals surface area contributed by atoms with Crippen LogP contribution in [-0.2, 0) is 0 Å². The molecule has 7 heteroatoms. The van der Waals surface area contributed by atoms with Crippen molar-refractivity contribution >= 4 is 29.1 Å². The first-order valence-electron chi connectivity index (χ1n) is 4.71. The van der Waals surface area contributed by atoms with Crippen LogP contribution in [0.2, 0.25) is 5.02 Å². The monoisotopic (exact) mass is 253 g/mol. The summed E-state index contributed by atoms with van der Waals surface area (Å²) in [5, 5.41) is 3.18. The lowest BCUT2D eigenvalue weighted by atomic mass is 10.3. The number of nitrogen functional groups attached to an aromatic ring is 1. The van der Waals surface area contributed by atoms with Crippen molar-refractivity contribution in [3.8, 4) is 0 Å². The Morgan fingerprint density at radius 3 is 2.88 bits per heavy atom. The molecular formula is C10H9ClFN5. The molecule has 4 N–H and O–H groups in total. The Morgan fingerprint density at radius 2 is 2.18 bits per heavy atom. The van der Waals surface area contributed by atoms with E-state index in [0.717, 1.165) is 0 Å². The molecule has 2 rings (SSSR count). The summed E-state index contributed by atoms with van der Waals surface area (Å²) in [7, 11) is 0. The minimum absolute atomic E-state index is 0.216. The second-order valence-corrected chi connectivity index (χ2v) is 3.58. The summed E-state index contributed by atoms with van der Waals surface area (Å²) in [4.78, 5) is 7.83. The molecule has 0 aliphatic rings. The van der Waals surface area contributed by atoms with Crippen molar-refractivity contribution in [1.29, 1.82) is 0 Å². The van der Waals surface area contributed by atoms with Gasteiger partial charge in [-0.15, -0.1) is 0 Å². The van der Waals surface area contributed by atoms with E-state index in [1.165, 1.54) is 18.3 Å². The average molecular weight is 254 g/mol. The standard InChI is InChI=1S/C10H9ClFN5/c11-8-5-14-10(17-13)16-9(8)15-7-3-1-2-6(12)4-7/h1-5H,13H2,(H2,14,15,16,17). The van der Waals surface area contributed by atoms with Crippen LogP contribution in [-0.4, -0.2) is 9.97 Å². The van der Waals surface area contributed by atoms with E-state index < -0.39 is 0 Å². The number of aromatic nitrogens is 2. The van der Waals surface area contributed by atoms with Crippen LogP contribution in [0.5, 0.6) is 0 Å². The SMILES string of the molecule is NNc1ncc(Cl)c(Nc2cccc(F)c2)n1. The zero-order valence-corrected chi connectivity index (χ0v) is 9.37. The van der Waals surface area contributed by atoms with Gasteiger partial charge >= 0.3 is 0 Å². The molecule has 0 saturated heterocycles. The molecule has 0 atom stereocenters. The lowest BCUT2D eigenvalue weighted by Gasteiger charge is -2.08. The summed E-state index contributed by atoms with van der Waals surface area (Å²) >= 11 is 5.89. The quantitative estimate of drug-likeness (QED) is 0.578. The highest BCUT2D eigenvalue weighted by molar-refractivity contribution is 6.32. The van der Waals surface area contributed by atoms with E-state index in [1.54, 1.807) is 12.1 Å². The molecule has 0 aliphatic carbocycles. The summed E-state index contributed by atoms with van der Waals surface area (Å²) in [6.07, 6.45) is 1.39. The highest BCUT2D eigenvalue weighted by atomic mass is 35.5. The number of benzene rings is 1. The maximum atomic E-state index is 13.0. The number of hydrogen-bond acceptors (Lipinski definition) is 5. The van der Waals surface area contributed by atoms with Crippen molar-refractivity contribution in [1.82, 2.24) is 9.97 Å². The fourth-order valence-corrected chi connectivity index (χ4v) is 1.37. The second-order valence-electron chi connectivity index (χ2n) is 3.17. The van der Waals surface area contributed by atoms with Gasteiger partial charge in [-0.05, 0) is 18.2 Å². The zero-order valence-electron chi connectivity index (χ0n) is 8.61. The number of hydrogen-bond donors (Lipinski definition) is 3. The highest BCUT2D eigenvalue weighted by Gasteiger charge is 2.05. The van der Waals surface area contributed by atoms with Gasteiger partial charge in [-0.1, -0.05) is 17.7 Å². The zero-order chi connectivity index (χ0) is 12.3. The highest BCUT2D eigenvalue weighted by Crippen LogP contribution is 2.23. The molecule has 0 saturated carbocycles. The van der Waals surface area contributed by atoms with Crippen molar-refractivity contribution in [2.45, 2.75) is 0 Å². The fraction of sp³-hybridized carbons (Fsp3) is 0. The Hall–Kier alpha value is -1.92. The van der Waals surface area contributed by atoms with Crippen LogP contribution in [0.1, 0.15) is 0 Å². The molecule has 0 amide bonds. The van der Waals surface area contributed by atoms with Crippen molar-refractivity contribution in [3.05, 3.63) is 41.3 Å². The van der Waals surface area contributed by atoms with Gasteiger partial charge in [0.25, 0.3) is 0 Å². The van der Waals surface area contributed by atoms with Gasteiger partial charge in [-0.3, -0.25) is 5.43 Å². The molecule has 1 aromatic carbocycles. The Morgan fingerprint density at radius 1 is 1.35 bits per heavy atom. The Kier molecular flexibility index (Phi) is 3.36. The first kappa shape index (κ1) is 11.6. The summed E-state index contributed by atoms with van der Waals surface area (Å²) in [6.45, 7) is 0. The van der Waals surface area contributed by atoms with Crippen LogP contribution in [0.25, 0.3) is 0 Å². The fourth-order valence-electron chi connectivity index (χ4n) is 1.23. The second kappa shape index (κ2) is 4.94. The molecule has 5 nitrogen and oxygen atoms in total. The van der Waals surface area contributed by atoms with Crippen LogP contribution in [0, 0.1) is 5.82 Å². The number of hydrazine groups is 1. The van der Waals surface area contributed by atoms with Crippen LogP contribution >= 0.6 is 11.6 Å². The number of anilines is 3. The van der Waals surface area contributed by atoms with Crippen LogP contribution in [0.15, 0.2) is 30.5 Å². The lowest BCUT2D eigenvalue weighted by molar-refractivity contribution is 0.628. The maximum Gasteiger partial charge on any atom is 0.239 e. The molecule has 0 unspecified atom stereocenters. The number of halogens is 2. The largest absolute Gasteiger partial charge is 0.339 e. The minimum Gasteiger partial charge on any atom is -0.339 e. The lowest BCUT2D eigenvalue weighted by Crippen LogP contribution is -2.11. The minimum atomic E-state index is -0.350. The molecular weight excluding hydrogens is 245 g/mol. The van der Waals surface area contributed by atoms with Gasteiger partial charge in [0, 0.05) is 5.69 Å². The molecule has 0 aliphatic heterocycles. The number of rotatable bonds is 3. The summed E-state index contributed by atoms with van der Waals surface area (Å²) < 4.78 is 13.0. The van der Waals surface area contributed by atoms with E-state index in [9.17, 15) is 4.39 Å². The van der Waals surface area contributed by atoms with Crippen molar-refractivity contribution in [3.63, 3.8) is 0 Å². The van der Waals surface area contributed by atoms with E-state index in [4.69, 9.17) is 17.4 Å². The first-order valence-corrected chi connectivity index (χ1v) is 5.08. The van der Waals surface area contributed by atoms with Gasteiger partial charge in [0.05, 0.1) is 6.20 Å². The third kappa shape index (κ3) is 2.80. The van der Waals surface area contributed by atoms with Crippen molar-refractivity contribution in [2.75, 3.05) is 10.7 Å². The van der Waals surface area contributed by atoms with E-state index >= 15 is 0 Å². The number of nitrogens with one attached hydrogen (secondary N) is 2. The smallest absolute Gasteiger partial charge is 0.239 e. The average Bonchev–Trinajstić information content (AvgIpc) is 2.32. The topological polar surface area (TPSA) is 75.9 Å².